The molecule has 2 fully saturated rings. The summed E-state index contributed by atoms with van der Waals surface area (Å²) in [5, 5.41) is 9.29. The van der Waals surface area contributed by atoms with E-state index in [1.807, 2.05) is 23.1 Å². The van der Waals surface area contributed by atoms with Gasteiger partial charge in [0.1, 0.15) is 0 Å². The van der Waals surface area contributed by atoms with Gasteiger partial charge in [-0.15, -0.1) is 0 Å². The summed E-state index contributed by atoms with van der Waals surface area (Å²) in [4.78, 5) is 18.6. The van der Waals surface area contributed by atoms with Crippen molar-refractivity contribution in [2.45, 2.75) is 32.9 Å². The van der Waals surface area contributed by atoms with Gasteiger partial charge in [-0.2, -0.15) is 5.26 Å². The van der Waals surface area contributed by atoms with Crippen LogP contribution in [0.15, 0.2) is 24.3 Å². The third-order valence-electron chi connectivity index (χ3n) is 5.62. The molecule has 0 aliphatic carbocycles. The minimum Gasteiger partial charge on any atom is -0.342 e. The second kappa shape index (κ2) is 7.99. The Labute approximate surface area is 150 Å². The molecule has 0 aromatic heterocycles. The van der Waals surface area contributed by atoms with Crippen molar-refractivity contribution in [3.8, 4) is 6.07 Å². The van der Waals surface area contributed by atoms with Crippen LogP contribution in [0.3, 0.4) is 0 Å². The Kier molecular flexibility index (Phi) is 5.72. The first-order valence-electron chi connectivity index (χ1n) is 9.28. The largest absolute Gasteiger partial charge is 0.342 e. The van der Waals surface area contributed by atoms with Crippen molar-refractivity contribution in [3.05, 3.63) is 35.4 Å². The van der Waals surface area contributed by atoms with Crippen LogP contribution in [0.2, 0.25) is 0 Å². The molecule has 0 N–H and O–H groups in total. The summed E-state index contributed by atoms with van der Waals surface area (Å²) >= 11 is 0. The molecule has 1 aromatic carbocycles. The quantitative estimate of drug-likeness (QED) is 0.844. The molecule has 3 rings (SSSR count). The van der Waals surface area contributed by atoms with E-state index in [1.54, 1.807) is 6.92 Å². The molecule has 134 valence electrons. The van der Waals surface area contributed by atoms with Crippen molar-refractivity contribution in [3.63, 3.8) is 0 Å². The summed E-state index contributed by atoms with van der Waals surface area (Å²) in [5.41, 5.74) is 1.90. The van der Waals surface area contributed by atoms with Crippen LogP contribution in [0.4, 0.5) is 0 Å². The molecule has 2 atom stereocenters. The van der Waals surface area contributed by atoms with Crippen LogP contribution in [0, 0.1) is 17.2 Å². The number of hydrogen-bond donors (Lipinski definition) is 0. The second-order valence-corrected chi connectivity index (χ2v) is 7.40. The number of hydrogen-bond acceptors (Lipinski definition) is 4. The Hall–Kier alpha value is -1.90. The lowest BCUT2D eigenvalue weighted by atomic mass is 10.0. The minimum atomic E-state index is 0.191. The maximum atomic E-state index is 11.6. The molecule has 2 aliphatic heterocycles. The zero-order chi connectivity index (χ0) is 17.8. The van der Waals surface area contributed by atoms with Crippen LogP contribution < -0.4 is 0 Å². The van der Waals surface area contributed by atoms with Crippen LogP contribution >= 0.6 is 0 Å². The molecule has 0 unspecified atom stereocenters. The predicted molar refractivity (Wildman–Crippen MR) is 97.8 cm³/mol. The number of likely N-dealkylation sites (tertiary alicyclic amines) is 1. The number of rotatable bonds is 3. The number of nitriles is 1. The Bertz CT molecular complexity index is 653. The number of benzene rings is 1. The first kappa shape index (κ1) is 17.9. The van der Waals surface area contributed by atoms with Gasteiger partial charge >= 0.3 is 0 Å². The molecule has 0 saturated carbocycles. The van der Waals surface area contributed by atoms with Crippen molar-refractivity contribution in [2.24, 2.45) is 5.92 Å². The Morgan fingerprint density at radius 1 is 1.20 bits per heavy atom. The third kappa shape index (κ3) is 4.20. The van der Waals surface area contributed by atoms with Gasteiger partial charge in [0.25, 0.3) is 0 Å². The molecule has 2 saturated heterocycles. The van der Waals surface area contributed by atoms with E-state index >= 15 is 0 Å². The first-order valence-corrected chi connectivity index (χ1v) is 9.28. The highest BCUT2D eigenvalue weighted by molar-refractivity contribution is 5.73. The molecule has 2 aliphatic rings. The minimum absolute atomic E-state index is 0.191. The van der Waals surface area contributed by atoms with E-state index in [1.165, 1.54) is 0 Å². The van der Waals surface area contributed by atoms with Crippen molar-refractivity contribution in [2.75, 3.05) is 39.3 Å². The van der Waals surface area contributed by atoms with E-state index in [0.717, 1.165) is 63.4 Å². The van der Waals surface area contributed by atoms with Crippen molar-refractivity contribution in [1.29, 1.82) is 5.26 Å². The summed E-state index contributed by atoms with van der Waals surface area (Å²) in [7, 11) is 0. The van der Waals surface area contributed by atoms with Gasteiger partial charge in [-0.3, -0.25) is 14.6 Å². The van der Waals surface area contributed by atoms with Gasteiger partial charge in [-0.25, -0.2) is 0 Å². The molecule has 0 bridgehead atoms. The SMILES string of the molecule is CC(=O)N1CCCN([C@@H]2CN(Cc3ccccc3C#N)C[C@@H]2C)CC1. The maximum absolute atomic E-state index is 11.6. The fourth-order valence-corrected chi connectivity index (χ4v) is 4.24. The third-order valence-corrected chi connectivity index (χ3v) is 5.62. The molecule has 25 heavy (non-hydrogen) atoms. The van der Waals surface area contributed by atoms with E-state index in [4.69, 9.17) is 0 Å². The van der Waals surface area contributed by atoms with Crippen LogP contribution in [0.5, 0.6) is 0 Å². The van der Waals surface area contributed by atoms with E-state index < -0.39 is 0 Å². The number of amides is 1. The predicted octanol–water partition coefficient (Wildman–Crippen LogP) is 1.93. The molecule has 2 heterocycles. The maximum Gasteiger partial charge on any atom is 0.219 e. The number of nitrogens with zero attached hydrogens (tertiary/aromatic N) is 4. The molecule has 1 amide bonds. The summed E-state index contributed by atoms with van der Waals surface area (Å²) in [6.45, 7) is 10.7. The second-order valence-electron chi connectivity index (χ2n) is 7.40. The highest BCUT2D eigenvalue weighted by Crippen LogP contribution is 2.25. The van der Waals surface area contributed by atoms with Crippen molar-refractivity contribution in [1.82, 2.24) is 14.7 Å². The molecule has 0 spiro atoms. The van der Waals surface area contributed by atoms with Crippen LogP contribution in [0.1, 0.15) is 31.4 Å². The summed E-state index contributed by atoms with van der Waals surface area (Å²) < 4.78 is 0. The fourth-order valence-electron chi connectivity index (χ4n) is 4.24. The zero-order valence-corrected chi connectivity index (χ0v) is 15.3. The lowest BCUT2D eigenvalue weighted by molar-refractivity contribution is -0.128. The summed E-state index contributed by atoms with van der Waals surface area (Å²) in [6.07, 6.45) is 1.06. The molecular weight excluding hydrogens is 312 g/mol. The summed E-state index contributed by atoms with van der Waals surface area (Å²) in [6, 6.07) is 10.7. The fraction of sp³-hybridized carbons (Fsp3) is 0.600. The Morgan fingerprint density at radius 3 is 2.76 bits per heavy atom. The lowest BCUT2D eigenvalue weighted by Crippen LogP contribution is -2.42. The lowest BCUT2D eigenvalue weighted by Gasteiger charge is -2.30. The highest BCUT2D eigenvalue weighted by Gasteiger charge is 2.34. The monoisotopic (exact) mass is 340 g/mol. The normalized spacial score (nSPS) is 25.6. The van der Waals surface area contributed by atoms with Gasteiger partial charge < -0.3 is 4.90 Å². The van der Waals surface area contributed by atoms with Crippen LogP contribution in [-0.2, 0) is 11.3 Å². The molecule has 5 nitrogen and oxygen atoms in total. The molecular formula is C20H28N4O. The van der Waals surface area contributed by atoms with Crippen molar-refractivity contribution >= 4 is 5.91 Å². The van der Waals surface area contributed by atoms with Crippen LogP contribution in [0.25, 0.3) is 0 Å². The Balaban J connectivity index is 1.61. The van der Waals surface area contributed by atoms with Gasteiger partial charge in [0, 0.05) is 58.8 Å². The van der Waals surface area contributed by atoms with E-state index in [9.17, 15) is 10.1 Å². The van der Waals surface area contributed by atoms with Crippen molar-refractivity contribution < 1.29 is 4.79 Å². The van der Waals surface area contributed by atoms with E-state index in [0.29, 0.717) is 12.0 Å². The molecule has 0 radical (unpaired) electrons. The van der Waals surface area contributed by atoms with Gasteiger partial charge in [-0.1, -0.05) is 25.1 Å². The van der Waals surface area contributed by atoms with Gasteiger partial charge in [0.05, 0.1) is 11.6 Å². The highest BCUT2D eigenvalue weighted by atomic mass is 16.2. The summed E-state index contributed by atoms with van der Waals surface area (Å²) in [5.74, 6) is 0.800. The Morgan fingerprint density at radius 2 is 2.00 bits per heavy atom. The van der Waals surface area contributed by atoms with Gasteiger partial charge in [0.15, 0.2) is 0 Å². The average Bonchev–Trinajstić information content (AvgIpc) is 2.82. The standard InChI is InChI=1S/C20H28N4O/c1-16-13-22(14-19-7-4-3-6-18(19)12-21)15-20(16)24-9-5-8-23(10-11-24)17(2)25/h3-4,6-7,16,20H,5,8-11,13-15H2,1-2H3/t16-,20+/m0/s1. The van der Waals surface area contributed by atoms with E-state index in [-0.39, 0.29) is 5.91 Å². The molecule has 1 aromatic rings. The topological polar surface area (TPSA) is 50.6 Å². The van der Waals surface area contributed by atoms with Gasteiger partial charge in [-0.05, 0) is 24.0 Å². The smallest absolute Gasteiger partial charge is 0.219 e. The number of carbonyl (C=O) groups excluding carboxylic acids is 1. The zero-order valence-electron chi connectivity index (χ0n) is 15.3. The average molecular weight is 340 g/mol. The van der Waals surface area contributed by atoms with Gasteiger partial charge in [0.2, 0.25) is 5.91 Å². The van der Waals surface area contributed by atoms with Crippen LogP contribution in [-0.4, -0.2) is 65.9 Å². The number of carbonyl (C=O) groups is 1. The first-order chi connectivity index (χ1) is 12.1. The van der Waals surface area contributed by atoms with E-state index in [2.05, 4.69) is 28.9 Å². The molecule has 5 heteroatoms.